The van der Waals surface area contributed by atoms with E-state index >= 15 is 0 Å². The molecule has 3 nitrogen and oxygen atoms in total. The summed E-state index contributed by atoms with van der Waals surface area (Å²) in [6.45, 7) is 0.0417. The molecule has 0 unspecified atom stereocenters. The molecule has 0 aliphatic carbocycles. The molecule has 1 heterocycles. The fourth-order valence-electron chi connectivity index (χ4n) is 1.96. The van der Waals surface area contributed by atoms with E-state index in [1.807, 2.05) is 42.5 Å². The highest BCUT2D eigenvalue weighted by atomic mass is 16.3. The number of aliphatic hydroxyl groups is 1. The van der Waals surface area contributed by atoms with E-state index in [0.29, 0.717) is 0 Å². The number of hydrogen-bond acceptors (Lipinski definition) is 3. The molecule has 0 amide bonds. The third-order valence-corrected chi connectivity index (χ3v) is 2.78. The lowest BCUT2D eigenvalue weighted by Crippen LogP contribution is -2.08. The number of para-hydroxylation sites is 3. The summed E-state index contributed by atoms with van der Waals surface area (Å²) in [6.07, 6.45) is 0. The van der Waals surface area contributed by atoms with Crippen LogP contribution in [0.4, 0.5) is 22.7 Å². The SMILES string of the molecule is OCc1cccc2c1Nc1ccccc1N2. The molecule has 2 aromatic carbocycles. The van der Waals surface area contributed by atoms with E-state index in [9.17, 15) is 5.11 Å². The van der Waals surface area contributed by atoms with E-state index in [4.69, 9.17) is 0 Å². The first-order valence-electron chi connectivity index (χ1n) is 5.24. The molecule has 0 saturated heterocycles. The highest BCUT2D eigenvalue weighted by molar-refractivity contribution is 5.91. The zero-order chi connectivity index (χ0) is 11.0. The molecule has 3 rings (SSSR count). The lowest BCUT2D eigenvalue weighted by atomic mass is 10.1. The predicted octanol–water partition coefficient (Wildman–Crippen LogP) is 2.98. The molecule has 2 aromatic rings. The van der Waals surface area contributed by atoms with Gasteiger partial charge in [0.1, 0.15) is 0 Å². The Kier molecular flexibility index (Phi) is 2.04. The van der Waals surface area contributed by atoms with Crippen molar-refractivity contribution in [2.24, 2.45) is 0 Å². The van der Waals surface area contributed by atoms with Gasteiger partial charge in [0.2, 0.25) is 0 Å². The molecule has 0 atom stereocenters. The summed E-state index contributed by atoms with van der Waals surface area (Å²) in [5, 5.41) is 16.0. The number of hydrogen-bond donors (Lipinski definition) is 3. The molecule has 0 fully saturated rings. The summed E-state index contributed by atoms with van der Waals surface area (Å²) < 4.78 is 0. The molecule has 1 aliphatic rings. The Morgan fingerprint density at radius 1 is 0.812 bits per heavy atom. The lowest BCUT2D eigenvalue weighted by molar-refractivity contribution is 0.282. The normalized spacial score (nSPS) is 12.1. The standard InChI is InChI=1S/C13H12N2O/c16-8-9-4-3-7-12-13(9)15-11-6-2-1-5-10(11)14-12/h1-7,14-16H,8H2. The number of nitrogens with one attached hydrogen (secondary N) is 2. The Morgan fingerprint density at radius 2 is 1.50 bits per heavy atom. The van der Waals surface area contributed by atoms with Crippen molar-refractivity contribution >= 4 is 22.7 Å². The molecule has 3 N–H and O–H groups in total. The Hall–Kier alpha value is -2.00. The van der Waals surface area contributed by atoms with Crippen molar-refractivity contribution in [3.8, 4) is 0 Å². The number of rotatable bonds is 1. The fraction of sp³-hybridized carbons (Fsp3) is 0.0769. The van der Waals surface area contributed by atoms with Gasteiger partial charge in [-0.3, -0.25) is 0 Å². The first-order valence-corrected chi connectivity index (χ1v) is 5.24. The maximum Gasteiger partial charge on any atom is 0.0702 e. The van der Waals surface area contributed by atoms with Gasteiger partial charge in [0.15, 0.2) is 0 Å². The second kappa shape index (κ2) is 3.54. The van der Waals surface area contributed by atoms with Crippen LogP contribution in [0.1, 0.15) is 5.56 Å². The van der Waals surface area contributed by atoms with Crippen LogP contribution in [-0.4, -0.2) is 5.11 Å². The van der Waals surface area contributed by atoms with Gasteiger partial charge < -0.3 is 15.7 Å². The molecule has 3 heteroatoms. The zero-order valence-corrected chi connectivity index (χ0v) is 8.70. The van der Waals surface area contributed by atoms with Gasteiger partial charge in [0.05, 0.1) is 29.4 Å². The first-order chi connectivity index (χ1) is 7.88. The smallest absolute Gasteiger partial charge is 0.0702 e. The molecule has 16 heavy (non-hydrogen) atoms. The van der Waals surface area contributed by atoms with Crippen LogP contribution >= 0.6 is 0 Å². The third kappa shape index (κ3) is 1.33. The van der Waals surface area contributed by atoms with E-state index in [2.05, 4.69) is 10.6 Å². The van der Waals surface area contributed by atoms with Gasteiger partial charge >= 0.3 is 0 Å². The average Bonchev–Trinajstić information content (AvgIpc) is 2.35. The van der Waals surface area contributed by atoms with Crippen LogP contribution in [-0.2, 0) is 6.61 Å². The van der Waals surface area contributed by atoms with Crippen LogP contribution in [0.2, 0.25) is 0 Å². The van der Waals surface area contributed by atoms with Crippen molar-refractivity contribution in [3.63, 3.8) is 0 Å². The summed E-state index contributed by atoms with van der Waals surface area (Å²) in [6, 6.07) is 13.9. The monoisotopic (exact) mass is 212 g/mol. The van der Waals surface area contributed by atoms with Crippen molar-refractivity contribution in [1.82, 2.24) is 0 Å². The largest absolute Gasteiger partial charge is 0.392 e. The second-order valence-corrected chi connectivity index (χ2v) is 3.79. The van der Waals surface area contributed by atoms with Crippen molar-refractivity contribution in [3.05, 3.63) is 48.0 Å². The minimum Gasteiger partial charge on any atom is -0.392 e. The number of benzene rings is 2. The van der Waals surface area contributed by atoms with E-state index in [1.54, 1.807) is 0 Å². The summed E-state index contributed by atoms with van der Waals surface area (Å²) in [5.74, 6) is 0. The molecule has 0 bridgehead atoms. The van der Waals surface area contributed by atoms with Gasteiger partial charge in [-0.1, -0.05) is 24.3 Å². The first kappa shape index (κ1) is 9.24. The second-order valence-electron chi connectivity index (χ2n) is 3.79. The summed E-state index contributed by atoms with van der Waals surface area (Å²) in [5.41, 5.74) is 4.97. The minimum absolute atomic E-state index is 0.0417. The Morgan fingerprint density at radius 3 is 2.25 bits per heavy atom. The predicted molar refractivity (Wildman–Crippen MR) is 65.4 cm³/mol. The fourth-order valence-corrected chi connectivity index (χ4v) is 1.96. The van der Waals surface area contributed by atoms with Crippen LogP contribution in [0.3, 0.4) is 0 Å². The van der Waals surface area contributed by atoms with Gasteiger partial charge in [-0.05, 0) is 18.2 Å². The van der Waals surface area contributed by atoms with Crippen LogP contribution in [0.5, 0.6) is 0 Å². The van der Waals surface area contributed by atoms with E-state index in [1.165, 1.54) is 0 Å². The molecule has 80 valence electrons. The minimum atomic E-state index is 0.0417. The maximum absolute atomic E-state index is 9.27. The Balaban J connectivity index is 2.12. The average molecular weight is 212 g/mol. The topological polar surface area (TPSA) is 44.3 Å². The maximum atomic E-state index is 9.27. The van der Waals surface area contributed by atoms with E-state index in [-0.39, 0.29) is 6.61 Å². The van der Waals surface area contributed by atoms with Gasteiger partial charge in [0.25, 0.3) is 0 Å². The summed E-state index contributed by atoms with van der Waals surface area (Å²) >= 11 is 0. The zero-order valence-electron chi connectivity index (χ0n) is 8.70. The van der Waals surface area contributed by atoms with Crippen LogP contribution in [0, 0.1) is 0 Å². The van der Waals surface area contributed by atoms with Crippen LogP contribution < -0.4 is 10.6 Å². The van der Waals surface area contributed by atoms with Gasteiger partial charge in [-0.25, -0.2) is 0 Å². The molecular weight excluding hydrogens is 200 g/mol. The Labute approximate surface area is 93.7 Å². The van der Waals surface area contributed by atoms with E-state index in [0.717, 1.165) is 28.3 Å². The van der Waals surface area contributed by atoms with Crippen LogP contribution in [0.25, 0.3) is 0 Å². The number of anilines is 4. The van der Waals surface area contributed by atoms with Gasteiger partial charge in [-0.2, -0.15) is 0 Å². The highest BCUT2D eigenvalue weighted by Gasteiger charge is 2.15. The third-order valence-electron chi connectivity index (χ3n) is 2.78. The van der Waals surface area contributed by atoms with Crippen molar-refractivity contribution < 1.29 is 5.11 Å². The molecular formula is C13H12N2O. The molecule has 0 aromatic heterocycles. The summed E-state index contributed by atoms with van der Waals surface area (Å²) in [4.78, 5) is 0. The van der Waals surface area contributed by atoms with Gasteiger partial charge in [-0.15, -0.1) is 0 Å². The molecule has 1 aliphatic heterocycles. The summed E-state index contributed by atoms with van der Waals surface area (Å²) in [7, 11) is 0. The van der Waals surface area contributed by atoms with Crippen molar-refractivity contribution in [1.29, 1.82) is 0 Å². The number of fused-ring (bicyclic) bond motifs is 2. The van der Waals surface area contributed by atoms with Crippen LogP contribution in [0.15, 0.2) is 42.5 Å². The lowest BCUT2D eigenvalue weighted by Gasteiger charge is -2.24. The van der Waals surface area contributed by atoms with E-state index < -0.39 is 0 Å². The van der Waals surface area contributed by atoms with Crippen molar-refractivity contribution in [2.45, 2.75) is 6.61 Å². The molecule has 0 saturated carbocycles. The highest BCUT2D eigenvalue weighted by Crippen LogP contribution is 2.39. The quantitative estimate of drug-likeness (QED) is 0.581. The molecule has 0 spiro atoms. The number of aliphatic hydroxyl groups excluding tert-OH is 1. The van der Waals surface area contributed by atoms with Crippen molar-refractivity contribution in [2.75, 3.05) is 10.6 Å². The van der Waals surface area contributed by atoms with Gasteiger partial charge in [0, 0.05) is 5.56 Å². The Bertz CT molecular complexity index is 537. The molecule has 0 radical (unpaired) electrons.